The smallest absolute Gasteiger partial charge is 0.243 e. The molecular weight excluding hydrogens is 444 g/mol. The number of nitrogens with zero attached hydrogens (tertiary/aromatic N) is 1. The summed E-state index contributed by atoms with van der Waals surface area (Å²) in [6.45, 7) is 6.96. The molecule has 34 heavy (non-hydrogen) atoms. The second-order valence-electron chi connectivity index (χ2n) is 8.75. The van der Waals surface area contributed by atoms with Crippen LogP contribution in [0, 0.1) is 13.8 Å². The van der Waals surface area contributed by atoms with Gasteiger partial charge in [0.05, 0.1) is 6.42 Å². The molecule has 3 aromatic carbocycles. The molecule has 0 heterocycles. The van der Waals surface area contributed by atoms with Crippen LogP contribution in [0.25, 0.3) is 0 Å². The molecule has 0 fully saturated rings. The summed E-state index contributed by atoms with van der Waals surface area (Å²) in [5, 5.41) is 3.65. The van der Waals surface area contributed by atoms with E-state index in [0.29, 0.717) is 24.5 Å². The van der Waals surface area contributed by atoms with Crippen molar-refractivity contribution in [1.82, 2.24) is 10.2 Å². The van der Waals surface area contributed by atoms with Crippen molar-refractivity contribution in [3.8, 4) is 0 Å². The first-order chi connectivity index (χ1) is 16.4. The molecule has 0 bridgehead atoms. The van der Waals surface area contributed by atoms with E-state index in [0.717, 1.165) is 34.2 Å². The summed E-state index contributed by atoms with van der Waals surface area (Å²) in [4.78, 5) is 28.8. The van der Waals surface area contributed by atoms with E-state index in [9.17, 15) is 9.59 Å². The van der Waals surface area contributed by atoms with E-state index in [2.05, 4.69) is 11.4 Å². The van der Waals surface area contributed by atoms with E-state index in [-0.39, 0.29) is 18.2 Å². The number of hydrogen-bond donors (Lipinski definition) is 1. The standard InChI is InChI=1S/C29H33ClN2O2/c1-4-16-31-29(34)27(18-23-8-6-5-7-9-23)32(20-24-12-14-26(30)15-13-24)28(33)19-25-17-21(2)10-11-22(25)3/h5-15,17,27H,4,16,18-20H2,1-3H3,(H,31,34)/t27-/m1/s1. The highest BCUT2D eigenvalue weighted by atomic mass is 35.5. The van der Waals surface area contributed by atoms with Crippen LogP contribution in [0.3, 0.4) is 0 Å². The molecule has 0 unspecified atom stereocenters. The largest absolute Gasteiger partial charge is 0.354 e. The fourth-order valence-electron chi connectivity index (χ4n) is 3.96. The van der Waals surface area contributed by atoms with Crippen molar-refractivity contribution in [2.75, 3.05) is 6.54 Å². The number of rotatable bonds is 10. The number of halogens is 1. The number of carbonyl (C=O) groups excluding carboxylic acids is 2. The number of benzene rings is 3. The summed E-state index contributed by atoms with van der Waals surface area (Å²) in [7, 11) is 0. The van der Waals surface area contributed by atoms with Crippen molar-refractivity contribution in [3.05, 3.63) is 106 Å². The monoisotopic (exact) mass is 476 g/mol. The maximum Gasteiger partial charge on any atom is 0.243 e. The third kappa shape index (κ3) is 7.19. The Kier molecular flexibility index (Phi) is 9.29. The summed E-state index contributed by atoms with van der Waals surface area (Å²) < 4.78 is 0. The van der Waals surface area contributed by atoms with E-state index in [1.54, 1.807) is 4.90 Å². The van der Waals surface area contributed by atoms with Crippen LogP contribution in [0.5, 0.6) is 0 Å². The summed E-state index contributed by atoms with van der Waals surface area (Å²) in [5.74, 6) is -0.204. The van der Waals surface area contributed by atoms with E-state index in [4.69, 9.17) is 11.6 Å². The molecule has 0 aliphatic carbocycles. The molecule has 0 saturated heterocycles. The SMILES string of the molecule is CCCNC(=O)[C@@H](Cc1ccccc1)N(Cc1ccc(Cl)cc1)C(=O)Cc1cc(C)ccc1C. The topological polar surface area (TPSA) is 49.4 Å². The van der Waals surface area contributed by atoms with Gasteiger partial charge in [0.25, 0.3) is 0 Å². The van der Waals surface area contributed by atoms with E-state index in [1.807, 2.05) is 87.5 Å². The maximum absolute atomic E-state index is 13.8. The minimum Gasteiger partial charge on any atom is -0.354 e. The molecule has 0 spiro atoms. The molecule has 5 heteroatoms. The number of nitrogens with one attached hydrogen (secondary N) is 1. The Morgan fingerprint density at radius 1 is 0.941 bits per heavy atom. The first-order valence-corrected chi connectivity index (χ1v) is 12.2. The highest BCUT2D eigenvalue weighted by Gasteiger charge is 2.30. The van der Waals surface area contributed by atoms with Crippen molar-refractivity contribution in [2.45, 2.75) is 52.6 Å². The van der Waals surface area contributed by atoms with Gasteiger partial charge in [-0.3, -0.25) is 9.59 Å². The van der Waals surface area contributed by atoms with Crippen LogP contribution in [0.4, 0.5) is 0 Å². The Morgan fingerprint density at radius 3 is 2.32 bits per heavy atom. The van der Waals surface area contributed by atoms with Crippen LogP contribution >= 0.6 is 11.6 Å². The van der Waals surface area contributed by atoms with Gasteiger partial charge in [0.15, 0.2) is 0 Å². The lowest BCUT2D eigenvalue weighted by Crippen LogP contribution is -2.51. The van der Waals surface area contributed by atoms with Crippen LogP contribution in [0.15, 0.2) is 72.8 Å². The van der Waals surface area contributed by atoms with Crippen LogP contribution in [-0.2, 0) is 29.0 Å². The van der Waals surface area contributed by atoms with Gasteiger partial charge in [-0.1, -0.05) is 84.8 Å². The molecule has 2 amide bonds. The molecule has 3 aromatic rings. The Balaban J connectivity index is 1.97. The second kappa shape index (κ2) is 12.4. The predicted molar refractivity (Wildman–Crippen MR) is 139 cm³/mol. The van der Waals surface area contributed by atoms with Gasteiger partial charge in [0.1, 0.15) is 6.04 Å². The molecule has 0 aliphatic heterocycles. The lowest BCUT2D eigenvalue weighted by molar-refractivity contribution is -0.140. The molecule has 4 nitrogen and oxygen atoms in total. The first-order valence-electron chi connectivity index (χ1n) is 11.8. The third-order valence-electron chi connectivity index (χ3n) is 5.93. The minimum atomic E-state index is -0.623. The number of amides is 2. The van der Waals surface area contributed by atoms with Gasteiger partial charge in [0.2, 0.25) is 11.8 Å². The average molecular weight is 477 g/mol. The van der Waals surface area contributed by atoms with Gasteiger partial charge in [0, 0.05) is 24.5 Å². The Bertz CT molecular complexity index is 1100. The molecule has 0 aliphatic rings. The van der Waals surface area contributed by atoms with Gasteiger partial charge in [-0.15, -0.1) is 0 Å². The van der Waals surface area contributed by atoms with Crippen LogP contribution < -0.4 is 5.32 Å². The normalized spacial score (nSPS) is 11.6. The lowest BCUT2D eigenvalue weighted by atomic mass is 9.99. The molecular formula is C29H33ClN2O2. The third-order valence-corrected chi connectivity index (χ3v) is 6.18. The van der Waals surface area contributed by atoms with Crippen molar-refractivity contribution in [1.29, 1.82) is 0 Å². The van der Waals surface area contributed by atoms with Crippen molar-refractivity contribution in [3.63, 3.8) is 0 Å². The summed E-state index contributed by atoms with van der Waals surface area (Å²) in [6.07, 6.45) is 1.52. The first kappa shape index (κ1) is 25.5. The van der Waals surface area contributed by atoms with Crippen LogP contribution in [0.1, 0.15) is 41.2 Å². The van der Waals surface area contributed by atoms with Crippen molar-refractivity contribution >= 4 is 23.4 Å². The van der Waals surface area contributed by atoms with Crippen molar-refractivity contribution < 1.29 is 9.59 Å². The maximum atomic E-state index is 13.8. The predicted octanol–water partition coefficient (Wildman–Crippen LogP) is 5.67. The highest BCUT2D eigenvalue weighted by Crippen LogP contribution is 2.19. The fourth-order valence-corrected chi connectivity index (χ4v) is 4.09. The summed E-state index contributed by atoms with van der Waals surface area (Å²) in [5.41, 5.74) is 5.11. The summed E-state index contributed by atoms with van der Waals surface area (Å²) >= 11 is 6.08. The van der Waals surface area contributed by atoms with Gasteiger partial charge < -0.3 is 10.2 Å². The minimum absolute atomic E-state index is 0.0729. The van der Waals surface area contributed by atoms with Gasteiger partial charge >= 0.3 is 0 Å². The zero-order valence-electron chi connectivity index (χ0n) is 20.2. The van der Waals surface area contributed by atoms with Gasteiger partial charge in [-0.05, 0) is 54.7 Å². The zero-order chi connectivity index (χ0) is 24.5. The molecule has 0 radical (unpaired) electrons. The second-order valence-corrected chi connectivity index (χ2v) is 9.19. The van der Waals surface area contributed by atoms with Crippen LogP contribution in [-0.4, -0.2) is 29.3 Å². The molecule has 178 valence electrons. The number of aryl methyl sites for hydroxylation is 2. The van der Waals surface area contributed by atoms with E-state index in [1.165, 1.54) is 0 Å². The van der Waals surface area contributed by atoms with Crippen LogP contribution in [0.2, 0.25) is 5.02 Å². The van der Waals surface area contributed by atoms with Crippen molar-refractivity contribution in [2.24, 2.45) is 0 Å². The zero-order valence-corrected chi connectivity index (χ0v) is 20.9. The number of carbonyl (C=O) groups is 2. The Labute approximate surface area is 207 Å². The van der Waals surface area contributed by atoms with Gasteiger partial charge in [-0.2, -0.15) is 0 Å². The summed E-state index contributed by atoms with van der Waals surface area (Å²) in [6, 6.07) is 22.8. The van der Waals surface area contributed by atoms with E-state index >= 15 is 0 Å². The van der Waals surface area contributed by atoms with Gasteiger partial charge in [-0.25, -0.2) is 0 Å². The molecule has 1 N–H and O–H groups in total. The number of hydrogen-bond acceptors (Lipinski definition) is 2. The Morgan fingerprint density at radius 2 is 1.65 bits per heavy atom. The molecule has 0 aromatic heterocycles. The lowest BCUT2D eigenvalue weighted by Gasteiger charge is -2.32. The quantitative estimate of drug-likeness (QED) is 0.410. The molecule has 1 atom stereocenters. The molecule has 3 rings (SSSR count). The Hall–Kier alpha value is -3.11. The molecule has 0 saturated carbocycles. The van der Waals surface area contributed by atoms with E-state index < -0.39 is 6.04 Å². The average Bonchev–Trinajstić information content (AvgIpc) is 2.83. The fraction of sp³-hybridized carbons (Fsp3) is 0.310. The highest BCUT2D eigenvalue weighted by molar-refractivity contribution is 6.30.